The van der Waals surface area contributed by atoms with Gasteiger partial charge in [0.05, 0.1) is 13.2 Å². The molecule has 0 bridgehead atoms. The van der Waals surface area contributed by atoms with Gasteiger partial charge >= 0.3 is 12.1 Å². The number of hydrogen-bond acceptors (Lipinski definition) is 4. The summed E-state index contributed by atoms with van der Waals surface area (Å²) in [6.45, 7) is 1.80. The Kier molecular flexibility index (Phi) is 10.7. The van der Waals surface area contributed by atoms with E-state index in [0.717, 1.165) is 19.3 Å². The van der Waals surface area contributed by atoms with Gasteiger partial charge in [0.25, 0.3) is 0 Å². The average molecular weight is 429 g/mol. The van der Waals surface area contributed by atoms with Gasteiger partial charge in [-0.05, 0) is 12.8 Å². The number of carbonyl (C=O) groups excluding carboxylic acids is 2. The molecule has 1 heterocycles. The summed E-state index contributed by atoms with van der Waals surface area (Å²) in [5, 5.41) is 0. The Labute approximate surface area is 170 Å². The summed E-state index contributed by atoms with van der Waals surface area (Å²) in [7, 11) is 1.30. The molecule has 5 nitrogen and oxygen atoms in total. The molecule has 150 valence electrons. The third kappa shape index (κ3) is 8.36. The fourth-order valence-electron chi connectivity index (χ4n) is 3.00. The zero-order chi connectivity index (χ0) is 19.6. The van der Waals surface area contributed by atoms with E-state index in [9.17, 15) is 9.59 Å². The van der Waals surface area contributed by atoms with E-state index in [2.05, 4.69) is 6.92 Å². The van der Waals surface area contributed by atoms with Crippen LogP contribution in [0.25, 0.3) is 0 Å². The van der Waals surface area contributed by atoms with E-state index in [-0.39, 0.29) is 12.6 Å². The molecule has 0 aromatic heterocycles. The van der Waals surface area contributed by atoms with Crippen LogP contribution in [0.4, 0.5) is 4.79 Å². The van der Waals surface area contributed by atoms with Gasteiger partial charge in [0, 0.05) is 0 Å². The highest BCUT2D eigenvalue weighted by Gasteiger charge is 2.38. The molecule has 8 heteroatoms. The summed E-state index contributed by atoms with van der Waals surface area (Å²) < 4.78 is 8.25. The summed E-state index contributed by atoms with van der Waals surface area (Å²) in [6, 6.07) is -0.958. The third-order valence-corrected chi connectivity index (χ3v) is 4.63. The third-order valence-electron chi connectivity index (χ3n) is 4.31. The van der Waals surface area contributed by atoms with Crippen molar-refractivity contribution in [3.8, 4) is 0 Å². The predicted molar refractivity (Wildman–Crippen MR) is 105 cm³/mol. The van der Waals surface area contributed by atoms with Crippen LogP contribution in [0.2, 0.25) is 0 Å². The SMILES string of the molecule is CCCCCCCC[C@H]1C=CC[C@H](C(=O)OC)N1C(=O)OCC(Cl)(Cl)Cl. The van der Waals surface area contributed by atoms with E-state index in [4.69, 9.17) is 44.3 Å². The molecule has 2 atom stereocenters. The number of alkyl halides is 3. The number of amides is 1. The molecule has 1 aliphatic rings. The van der Waals surface area contributed by atoms with Crippen molar-refractivity contribution in [3.63, 3.8) is 0 Å². The van der Waals surface area contributed by atoms with Gasteiger partial charge in [0.1, 0.15) is 12.6 Å². The maximum Gasteiger partial charge on any atom is 0.411 e. The van der Waals surface area contributed by atoms with Gasteiger partial charge in [-0.15, -0.1) is 0 Å². The van der Waals surface area contributed by atoms with E-state index in [1.807, 2.05) is 12.2 Å². The molecule has 0 saturated carbocycles. The molecule has 0 N–H and O–H groups in total. The fraction of sp³-hybridized carbons (Fsp3) is 0.778. The Hall–Kier alpha value is -0.650. The van der Waals surface area contributed by atoms with Gasteiger partial charge in [-0.3, -0.25) is 4.90 Å². The quantitative estimate of drug-likeness (QED) is 0.213. The van der Waals surface area contributed by atoms with E-state index in [1.165, 1.54) is 37.7 Å². The lowest BCUT2D eigenvalue weighted by Crippen LogP contribution is -2.52. The zero-order valence-electron chi connectivity index (χ0n) is 15.4. The van der Waals surface area contributed by atoms with Gasteiger partial charge < -0.3 is 9.47 Å². The van der Waals surface area contributed by atoms with Crippen LogP contribution >= 0.6 is 34.8 Å². The van der Waals surface area contributed by atoms with Gasteiger partial charge in [0.2, 0.25) is 3.79 Å². The lowest BCUT2D eigenvalue weighted by molar-refractivity contribution is -0.147. The van der Waals surface area contributed by atoms with E-state index in [0.29, 0.717) is 6.42 Å². The summed E-state index contributed by atoms with van der Waals surface area (Å²) in [6.07, 6.45) is 11.2. The van der Waals surface area contributed by atoms with Crippen molar-refractivity contribution >= 4 is 46.9 Å². The molecule has 0 spiro atoms. The molecule has 0 saturated heterocycles. The summed E-state index contributed by atoms with van der Waals surface area (Å²) in [5.41, 5.74) is 0. The van der Waals surface area contributed by atoms with Crippen molar-refractivity contribution in [2.75, 3.05) is 13.7 Å². The highest BCUT2D eigenvalue weighted by atomic mass is 35.6. The molecule has 0 unspecified atom stereocenters. The first-order valence-corrected chi connectivity index (χ1v) is 10.2. The molecule has 0 aromatic rings. The van der Waals surface area contributed by atoms with Crippen LogP contribution in [0, 0.1) is 0 Å². The number of halogens is 3. The van der Waals surface area contributed by atoms with Crippen molar-refractivity contribution in [2.45, 2.75) is 74.2 Å². The molecule has 1 amide bonds. The molecular weight excluding hydrogens is 401 g/mol. The number of ether oxygens (including phenoxy) is 2. The number of esters is 1. The van der Waals surface area contributed by atoms with Crippen LogP contribution < -0.4 is 0 Å². The first-order valence-electron chi connectivity index (χ1n) is 9.06. The largest absolute Gasteiger partial charge is 0.467 e. The zero-order valence-corrected chi connectivity index (χ0v) is 17.7. The number of carbonyl (C=O) groups is 2. The Bertz CT molecular complexity index is 480. The normalized spacial score (nSPS) is 20.1. The number of hydrogen-bond donors (Lipinski definition) is 0. The summed E-state index contributed by atoms with van der Waals surface area (Å²) in [5.74, 6) is -0.479. The molecule has 0 aliphatic carbocycles. The molecular formula is C18H28Cl3NO4. The van der Waals surface area contributed by atoms with Crippen molar-refractivity contribution < 1.29 is 19.1 Å². The Balaban J connectivity index is 2.71. The fourth-order valence-corrected chi connectivity index (χ4v) is 3.16. The minimum atomic E-state index is -1.70. The Morgan fingerprint density at radius 2 is 1.81 bits per heavy atom. The van der Waals surface area contributed by atoms with Crippen LogP contribution in [-0.4, -0.2) is 46.6 Å². The van der Waals surface area contributed by atoms with Crippen molar-refractivity contribution in [1.29, 1.82) is 0 Å². The van der Waals surface area contributed by atoms with Crippen molar-refractivity contribution in [3.05, 3.63) is 12.2 Å². The maximum absolute atomic E-state index is 12.5. The first-order chi connectivity index (χ1) is 12.3. The van der Waals surface area contributed by atoms with E-state index < -0.39 is 21.9 Å². The molecule has 1 aliphatic heterocycles. The van der Waals surface area contributed by atoms with Crippen LogP contribution in [0.3, 0.4) is 0 Å². The minimum absolute atomic E-state index is 0.234. The second-order valence-corrected chi connectivity index (χ2v) is 8.92. The molecule has 0 radical (unpaired) electrons. The van der Waals surface area contributed by atoms with Crippen LogP contribution in [0.15, 0.2) is 12.2 Å². The van der Waals surface area contributed by atoms with Crippen LogP contribution in [-0.2, 0) is 14.3 Å². The summed E-state index contributed by atoms with van der Waals surface area (Å²) >= 11 is 17.0. The highest BCUT2D eigenvalue weighted by molar-refractivity contribution is 6.67. The molecule has 26 heavy (non-hydrogen) atoms. The van der Waals surface area contributed by atoms with E-state index >= 15 is 0 Å². The second kappa shape index (κ2) is 11.9. The van der Waals surface area contributed by atoms with E-state index in [1.54, 1.807) is 0 Å². The molecule has 0 fully saturated rings. The van der Waals surface area contributed by atoms with Gasteiger partial charge in [-0.25, -0.2) is 9.59 Å². The van der Waals surface area contributed by atoms with Gasteiger partial charge in [-0.2, -0.15) is 0 Å². The lowest BCUT2D eigenvalue weighted by Gasteiger charge is -2.37. The van der Waals surface area contributed by atoms with Crippen molar-refractivity contribution in [1.82, 2.24) is 4.90 Å². The van der Waals surface area contributed by atoms with Crippen LogP contribution in [0.1, 0.15) is 58.3 Å². The number of nitrogens with zero attached hydrogens (tertiary/aromatic N) is 1. The Morgan fingerprint density at radius 1 is 1.15 bits per heavy atom. The number of rotatable bonds is 9. The smallest absolute Gasteiger partial charge is 0.411 e. The first kappa shape index (κ1) is 23.4. The monoisotopic (exact) mass is 427 g/mol. The highest BCUT2D eigenvalue weighted by Crippen LogP contribution is 2.28. The Morgan fingerprint density at radius 3 is 2.42 bits per heavy atom. The van der Waals surface area contributed by atoms with Gasteiger partial charge in [0.15, 0.2) is 0 Å². The number of unbranched alkanes of at least 4 members (excludes halogenated alkanes) is 5. The van der Waals surface area contributed by atoms with Gasteiger partial charge in [-0.1, -0.05) is 92.4 Å². The maximum atomic E-state index is 12.5. The molecule has 0 aromatic carbocycles. The molecule has 1 rings (SSSR count). The topological polar surface area (TPSA) is 55.8 Å². The minimum Gasteiger partial charge on any atom is -0.467 e. The predicted octanol–water partition coefficient (Wildman–Crippen LogP) is 5.42. The standard InChI is InChI=1S/C18H28Cl3NO4/c1-3-4-5-6-7-8-10-14-11-9-12-15(16(23)25-2)22(14)17(24)26-13-18(19,20)21/h9,11,14-15H,3-8,10,12-13H2,1-2H3/t14-,15+/m0/s1. The average Bonchev–Trinajstić information content (AvgIpc) is 2.61. The van der Waals surface area contributed by atoms with Crippen molar-refractivity contribution in [2.24, 2.45) is 0 Å². The summed E-state index contributed by atoms with van der Waals surface area (Å²) in [4.78, 5) is 26.1. The number of methoxy groups -OCH3 is 1. The second-order valence-electron chi connectivity index (χ2n) is 6.40. The lowest BCUT2D eigenvalue weighted by atomic mass is 9.98. The van der Waals surface area contributed by atoms with Crippen LogP contribution in [0.5, 0.6) is 0 Å².